The number of aromatic nitrogens is 6. The number of hydrogen-bond acceptors (Lipinski definition) is 15. The first-order valence-corrected chi connectivity index (χ1v) is 28.2. The van der Waals surface area contributed by atoms with Crippen LogP contribution < -0.4 is 25.0 Å². The Morgan fingerprint density at radius 3 is 2.35 bits per heavy atom. The number of aryl methyl sites for hydroxylation is 2. The van der Waals surface area contributed by atoms with Crippen LogP contribution in [0.2, 0.25) is 0 Å². The van der Waals surface area contributed by atoms with E-state index in [1.165, 1.54) is 15.6 Å². The molecule has 19 heteroatoms. The van der Waals surface area contributed by atoms with E-state index in [4.69, 9.17) is 29.2 Å². The molecule has 8 aromatic rings. The first-order valence-electron chi connectivity index (χ1n) is 28.2. The number of carbonyl (C=O) groups excluding carboxylic acids is 2. The Labute approximate surface area is 475 Å². The van der Waals surface area contributed by atoms with Gasteiger partial charge in [0.05, 0.1) is 36.4 Å². The number of aliphatic hydroxyl groups excluding tert-OH is 2. The number of phenolic OH excluding ortho intramolecular Hbond substituents is 1. The van der Waals surface area contributed by atoms with Gasteiger partial charge in [0.1, 0.15) is 59.6 Å². The number of pyridine rings is 1. The molecule has 2 bridgehead atoms. The van der Waals surface area contributed by atoms with Gasteiger partial charge in [0.2, 0.25) is 11.8 Å². The lowest BCUT2D eigenvalue weighted by molar-refractivity contribution is -0.142. The summed E-state index contributed by atoms with van der Waals surface area (Å²) in [5, 5.41) is 50.0. The average Bonchev–Trinajstić information content (AvgIpc) is 3.02. The first kappa shape index (κ1) is 55.8. The molecule has 0 aliphatic carbocycles. The number of nitrogens with zero attached hydrogens (tertiary/aromatic N) is 8. The molecule has 82 heavy (non-hydrogen) atoms. The summed E-state index contributed by atoms with van der Waals surface area (Å²) in [4.78, 5) is 47.4. The van der Waals surface area contributed by atoms with Crippen molar-refractivity contribution in [2.45, 2.75) is 109 Å². The highest BCUT2D eigenvalue weighted by Gasteiger charge is 2.43. The van der Waals surface area contributed by atoms with Gasteiger partial charge >= 0.3 is 6.01 Å². The maximum Gasteiger partial charge on any atom is 0.319 e. The van der Waals surface area contributed by atoms with Crippen LogP contribution in [0.1, 0.15) is 81.3 Å². The maximum atomic E-state index is 15.7. The third-order valence-corrected chi connectivity index (χ3v) is 16.2. The predicted octanol–water partition coefficient (Wildman–Crippen LogP) is 8.43. The van der Waals surface area contributed by atoms with Gasteiger partial charge in [-0.2, -0.15) is 9.97 Å². The third-order valence-electron chi connectivity index (χ3n) is 16.2. The molecule has 3 saturated heterocycles. The van der Waals surface area contributed by atoms with Gasteiger partial charge in [-0.05, 0) is 101 Å². The Bertz CT molecular complexity index is 3620. The number of fused-ring (bicyclic) bond motifs is 4. The number of phenols is 1. The Kier molecular flexibility index (Phi) is 16.2. The Morgan fingerprint density at radius 2 is 1.65 bits per heavy atom. The molecule has 426 valence electrons. The minimum Gasteiger partial charge on any atom is -0.508 e. The van der Waals surface area contributed by atoms with Crippen LogP contribution in [0.15, 0.2) is 109 Å². The number of rotatable bonds is 19. The van der Waals surface area contributed by atoms with Crippen molar-refractivity contribution in [2.24, 2.45) is 5.92 Å². The fraction of sp³-hybridized carbons (Fsp3) is 0.381. The zero-order valence-corrected chi connectivity index (χ0v) is 46.9. The van der Waals surface area contributed by atoms with Crippen molar-refractivity contribution in [3.05, 3.63) is 138 Å². The fourth-order valence-electron chi connectivity index (χ4n) is 11.9. The summed E-state index contributed by atoms with van der Waals surface area (Å²) in [5.74, 6) is -0.613. The van der Waals surface area contributed by atoms with E-state index in [1.54, 1.807) is 37.7 Å². The van der Waals surface area contributed by atoms with Crippen LogP contribution in [0.5, 0.6) is 17.5 Å². The molecule has 7 atom stereocenters. The van der Waals surface area contributed by atoms with Gasteiger partial charge < -0.3 is 50.0 Å². The number of amides is 2. The molecule has 3 fully saturated rings. The molecule has 0 spiro atoms. The number of anilines is 1. The monoisotopic (exact) mass is 1110 g/mol. The Balaban J connectivity index is 0.862. The standard InChI is InChI=1S/C63H69FN10O8/c1-7-47-51(64)23-20-42-24-45(76)25-49(55(42)47)56-59(57-50(27-65-56)60(69-63(68-57)82-33-37(5)80-6)72-28-43-21-22-44(29-72)66-43)81-34-38-12-14-40(15-13-38)52-31-74(71-70-52)58(35(2)3)62(79)73-30-46(77)26-54(73)61(78)67-53(32-75)41-18-16-39(17-19-41)48-11-9-8-10-36(48)4/h8-20,23-25,27,31,35,37,43-44,46,53-54,58,66,75-77H,7,21-22,26,28-30,32-34H2,1-6H3,(H,67,78)/t37-,43?,44?,46+,53-,54-,58-/m0/s1. The van der Waals surface area contributed by atoms with E-state index in [9.17, 15) is 24.9 Å². The number of methoxy groups -OCH3 is 1. The molecule has 5 aromatic carbocycles. The predicted molar refractivity (Wildman–Crippen MR) is 310 cm³/mol. The van der Waals surface area contributed by atoms with E-state index in [0.29, 0.717) is 85.4 Å². The second kappa shape index (κ2) is 23.8. The van der Waals surface area contributed by atoms with Gasteiger partial charge in [-0.1, -0.05) is 105 Å². The summed E-state index contributed by atoms with van der Waals surface area (Å²) in [6.07, 6.45) is 4.77. The van der Waals surface area contributed by atoms with E-state index in [0.717, 1.165) is 48.2 Å². The van der Waals surface area contributed by atoms with Crippen molar-refractivity contribution in [3.63, 3.8) is 0 Å². The molecule has 0 radical (unpaired) electrons. The second-order valence-electron chi connectivity index (χ2n) is 22.2. The summed E-state index contributed by atoms with van der Waals surface area (Å²) in [6.45, 7) is 10.9. The highest BCUT2D eigenvalue weighted by Crippen LogP contribution is 2.44. The van der Waals surface area contributed by atoms with Crippen molar-refractivity contribution in [2.75, 3.05) is 44.9 Å². The zero-order chi connectivity index (χ0) is 57.3. The topological polar surface area (TPSA) is 222 Å². The summed E-state index contributed by atoms with van der Waals surface area (Å²) in [6, 6.07) is 27.7. The maximum absolute atomic E-state index is 15.7. The van der Waals surface area contributed by atoms with E-state index in [2.05, 4.69) is 25.8 Å². The van der Waals surface area contributed by atoms with Crippen LogP contribution in [-0.2, 0) is 27.4 Å². The number of hydrogen-bond donors (Lipinski definition) is 5. The molecule has 2 amide bonds. The highest BCUT2D eigenvalue weighted by atomic mass is 19.1. The van der Waals surface area contributed by atoms with Crippen LogP contribution >= 0.6 is 0 Å². The molecule has 2 unspecified atom stereocenters. The number of aromatic hydroxyl groups is 1. The zero-order valence-electron chi connectivity index (χ0n) is 46.9. The van der Waals surface area contributed by atoms with Crippen molar-refractivity contribution >= 4 is 39.3 Å². The molecule has 18 nitrogen and oxygen atoms in total. The van der Waals surface area contributed by atoms with Crippen LogP contribution in [0, 0.1) is 18.7 Å². The fourth-order valence-corrected chi connectivity index (χ4v) is 11.9. The quantitative estimate of drug-likeness (QED) is 0.0513. The number of carbonyl (C=O) groups is 2. The van der Waals surface area contributed by atoms with Crippen LogP contribution in [0.3, 0.4) is 0 Å². The number of ether oxygens (including phenoxy) is 3. The number of likely N-dealkylation sites (tertiary alicyclic amines) is 1. The number of benzene rings is 5. The lowest BCUT2D eigenvalue weighted by atomic mass is 9.94. The van der Waals surface area contributed by atoms with Crippen molar-refractivity contribution in [1.29, 1.82) is 0 Å². The summed E-state index contributed by atoms with van der Waals surface area (Å²) in [7, 11) is 1.61. The molecule has 11 rings (SSSR count). The Morgan fingerprint density at radius 1 is 0.902 bits per heavy atom. The highest BCUT2D eigenvalue weighted by molar-refractivity contribution is 6.04. The molecule has 3 aliphatic rings. The molecular weight excluding hydrogens is 1040 g/mol. The van der Waals surface area contributed by atoms with Gasteiger partial charge in [0, 0.05) is 62.6 Å². The lowest BCUT2D eigenvalue weighted by Gasteiger charge is -2.34. The number of β-amino-alcohol motifs (C(OH)–C–C–N with tert-alkyl or cyclic N) is 1. The first-order chi connectivity index (χ1) is 39.7. The number of halogens is 1. The third kappa shape index (κ3) is 11.3. The van der Waals surface area contributed by atoms with Crippen LogP contribution in [-0.4, -0.2) is 132 Å². The molecule has 6 heterocycles. The number of piperazine rings is 1. The van der Waals surface area contributed by atoms with Gasteiger partial charge in [0.25, 0.3) is 0 Å². The molecule has 0 saturated carbocycles. The summed E-state index contributed by atoms with van der Waals surface area (Å²) >= 11 is 0. The van der Waals surface area contributed by atoms with E-state index in [-0.39, 0.29) is 62.4 Å². The number of aliphatic hydroxyl groups is 2. The van der Waals surface area contributed by atoms with Crippen LogP contribution in [0.25, 0.3) is 55.3 Å². The molecule has 5 N–H and O–H groups in total. The van der Waals surface area contributed by atoms with E-state index >= 15 is 4.39 Å². The lowest BCUT2D eigenvalue weighted by Crippen LogP contribution is -2.51. The minimum absolute atomic E-state index is 0.0240. The minimum atomic E-state index is -0.990. The van der Waals surface area contributed by atoms with Gasteiger partial charge in [-0.25, -0.2) is 9.07 Å². The van der Waals surface area contributed by atoms with E-state index < -0.39 is 36.0 Å². The largest absolute Gasteiger partial charge is 0.508 e. The van der Waals surface area contributed by atoms with Crippen molar-refractivity contribution < 1.29 is 43.5 Å². The smallest absolute Gasteiger partial charge is 0.319 e. The SMILES string of the molecule is CCc1c(F)ccc2cc(O)cc(-c3ncc4c(N5CC6CCC(C5)N6)nc(OC[C@H](C)OC)nc4c3OCc3ccc(-c4cn([C@H](C(=O)N5C[C@H](O)C[C@H]5C(=O)N[C@@H](CO)c5ccc(-c6ccccc6C)cc5)C(C)C)nn4)cc3)c12. The summed E-state index contributed by atoms with van der Waals surface area (Å²) in [5.41, 5.74) is 7.63. The normalized spacial score (nSPS) is 19.0. The Hall–Kier alpha value is -8.10. The van der Waals surface area contributed by atoms with E-state index in [1.807, 2.05) is 107 Å². The van der Waals surface area contributed by atoms with Gasteiger partial charge in [-0.15, -0.1) is 5.10 Å². The molecule has 3 aliphatic heterocycles. The van der Waals surface area contributed by atoms with Crippen molar-refractivity contribution in [1.82, 2.24) is 45.5 Å². The van der Waals surface area contributed by atoms with Crippen LogP contribution in [0.4, 0.5) is 10.2 Å². The van der Waals surface area contributed by atoms with Crippen molar-refractivity contribution in [3.8, 4) is 51.2 Å². The molecular formula is C63H69FN10O8. The second-order valence-corrected chi connectivity index (χ2v) is 22.2. The summed E-state index contributed by atoms with van der Waals surface area (Å²) < 4.78 is 35.9. The average molecular weight is 1110 g/mol. The van der Waals surface area contributed by atoms with Gasteiger partial charge in [0.15, 0.2) is 5.75 Å². The molecule has 3 aromatic heterocycles. The number of nitrogens with one attached hydrogen (secondary N) is 2. The van der Waals surface area contributed by atoms with Gasteiger partial charge in [-0.3, -0.25) is 14.6 Å².